The van der Waals surface area contributed by atoms with Gasteiger partial charge in [-0.25, -0.2) is 0 Å². The monoisotopic (exact) mass is 255 g/mol. The van der Waals surface area contributed by atoms with Crippen molar-refractivity contribution in [1.29, 1.82) is 0 Å². The van der Waals surface area contributed by atoms with Crippen molar-refractivity contribution >= 4 is 10.8 Å². The zero-order valence-corrected chi connectivity index (χ0v) is 11.3. The first kappa shape index (κ1) is 14.4. The van der Waals surface area contributed by atoms with Crippen molar-refractivity contribution in [3.05, 3.63) is 35.9 Å². The third kappa shape index (κ3) is 4.58. The predicted octanol–water partition coefficient (Wildman–Crippen LogP) is 1.86. The smallest absolute Gasteiger partial charge is 0.0512 e. The maximum absolute atomic E-state index is 12.0. The van der Waals surface area contributed by atoms with Crippen LogP contribution in [0.4, 0.5) is 0 Å². The SMILES string of the molecule is COCCCS(=O)C(C)C(N)c1ccccc1. The van der Waals surface area contributed by atoms with Gasteiger partial charge in [-0.2, -0.15) is 0 Å². The Morgan fingerprint density at radius 1 is 1.35 bits per heavy atom. The molecule has 4 heteroatoms. The molecule has 3 nitrogen and oxygen atoms in total. The molecule has 0 saturated heterocycles. The van der Waals surface area contributed by atoms with Crippen LogP contribution in [0.2, 0.25) is 0 Å². The summed E-state index contributed by atoms with van der Waals surface area (Å²) in [6.45, 7) is 2.60. The Morgan fingerprint density at radius 2 is 2.00 bits per heavy atom. The molecule has 0 spiro atoms. The quantitative estimate of drug-likeness (QED) is 0.757. The molecule has 96 valence electrons. The van der Waals surface area contributed by atoms with Gasteiger partial charge in [-0.3, -0.25) is 4.21 Å². The van der Waals surface area contributed by atoms with E-state index >= 15 is 0 Å². The van der Waals surface area contributed by atoms with Crippen LogP contribution < -0.4 is 5.73 Å². The third-order valence-corrected chi connectivity index (χ3v) is 4.61. The van der Waals surface area contributed by atoms with E-state index in [4.69, 9.17) is 10.5 Å². The van der Waals surface area contributed by atoms with E-state index in [2.05, 4.69) is 0 Å². The van der Waals surface area contributed by atoms with Gasteiger partial charge in [-0.05, 0) is 18.9 Å². The maximum Gasteiger partial charge on any atom is 0.0512 e. The molecule has 0 amide bonds. The Bertz CT molecular complexity index is 343. The molecule has 0 aliphatic heterocycles. The minimum absolute atomic E-state index is 0.0331. The first-order valence-electron chi connectivity index (χ1n) is 5.83. The Kier molecular flexibility index (Phi) is 6.40. The fraction of sp³-hybridized carbons (Fsp3) is 0.538. The standard InChI is InChI=1S/C13H21NO2S/c1-11(17(15)10-6-9-16-2)13(14)12-7-4-3-5-8-12/h3-5,7-8,11,13H,6,9-10,14H2,1-2H3. The van der Waals surface area contributed by atoms with Crippen molar-refractivity contribution in [3.8, 4) is 0 Å². The highest BCUT2D eigenvalue weighted by Gasteiger charge is 2.20. The summed E-state index contributed by atoms with van der Waals surface area (Å²) in [6, 6.07) is 9.66. The Labute approximate surface area is 106 Å². The van der Waals surface area contributed by atoms with E-state index in [1.54, 1.807) is 7.11 Å². The van der Waals surface area contributed by atoms with E-state index in [0.29, 0.717) is 12.4 Å². The van der Waals surface area contributed by atoms with Crippen LogP contribution in [0.1, 0.15) is 24.9 Å². The number of rotatable bonds is 7. The highest BCUT2D eigenvalue weighted by Crippen LogP contribution is 2.18. The number of benzene rings is 1. The summed E-state index contributed by atoms with van der Waals surface area (Å²) in [5, 5.41) is -0.0331. The highest BCUT2D eigenvalue weighted by atomic mass is 32.2. The van der Waals surface area contributed by atoms with Crippen LogP contribution in [0.3, 0.4) is 0 Å². The van der Waals surface area contributed by atoms with Crippen molar-refractivity contribution in [2.75, 3.05) is 19.5 Å². The minimum Gasteiger partial charge on any atom is -0.385 e. The summed E-state index contributed by atoms with van der Waals surface area (Å²) in [5.74, 6) is 0.648. The molecule has 2 N–H and O–H groups in total. The molecule has 0 aromatic heterocycles. The zero-order chi connectivity index (χ0) is 12.7. The predicted molar refractivity (Wildman–Crippen MR) is 72.3 cm³/mol. The van der Waals surface area contributed by atoms with Gasteiger partial charge in [-0.1, -0.05) is 30.3 Å². The average Bonchev–Trinajstić information content (AvgIpc) is 2.38. The topological polar surface area (TPSA) is 52.3 Å². The van der Waals surface area contributed by atoms with E-state index in [9.17, 15) is 4.21 Å². The fourth-order valence-electron chi connectivity index (χ4n) is 1.64. The average molecular weight is 255 g/mol. The second-order valence-corrected chi connectivity index (χ2v) is 5.99. The van der Waals surface area contributed by atoms with E-state index in [-0.39, 0.29) is 11.3 Å². The van der Waals surface area contributed by atoms with Crippen molar-refractivity contribution in [2.24, 2.45) is 5.73 Å². The summed E-state index contributed by atoms with van der Waals surface area (Å²) in [7, 11) is 0.753. The second-order valence-electron chi connectivity index (χ2n) is 4.07. The molecule has 0 radical (unpaired) electrons. The molecule has 1 aromatic rings. The van der Waals surface area contributed by atoms with Gasteiger partial charge in [-0.15, -0.1) is 0 Å². The number of ether oxygens (including phenoxy) is 1. The lowest BCUT2D eigenvalue weighted by molar-refractivity contribution is 0.200. The van der Waals surface area contributed by atoms with E-state index in [1.807, 2.05) is 37.3 Å². The molecule has 0 saturated carbocycles. The lowest BCUT2D eigenvalue weighted by Gasteiger charge is -2.19. The number of nitrogens with two attached hydrogens (primary N) is 1. The molecule has 0 aliphatic carbocycles. The normalized spacial score (nSPS) is 16.4. The summed E-state index contributed by atoms with van der Waals surface area (Å²) < 4.78 is 17.0. The number of hydrogen-bond donors (Lipinski definition) is 1. The summed E-state index contributed by atoms with van der Waals surface area (Å²) in [6.07, 6.45) is 0.814. The minimum atomic E-state index is -0.902. The summed E-state index contributed by atoms with van der Waals surface area (Å²) in [5.41, 5.74) is 7.16. The second kappa shape index (κ2) is 7.58. The first-order chi connectivity index (χ1) is 8.16. The zero-order valence-electron chi connectivity index (χ0n) is 10.5. The Hall–Kier alpha value is -0.710. The van der Waals surface area contributed by atoms with Crippen LogP contribution in [0.5, 0.6) is 0 Å². The summed E-state index contributed by atoms with van der Waals surface area (Å²) >= 11 is 0. The molecule has 17 heavy (non-hydrogen) atoms. The van der Waals surface area contributed by atoms with Gasteiger partial charge >= 0.3 is 0 Å². The fourth-order valence-corrected chi connectivity index (χ4v) is 2.90. The van der Waals surface area contributed by atoms with Crippen molar-refractivity contribution < 1.29 is 8.95 Å². The van der Waals surface area contributed by atoms with Crippen LogP contribution in [0.25, 0.3) is 0 Å². The van der Waals surface area contributed by atoms with Gasteiger partial charge < -0.3 is 10.5 Å². The number of methoxy groups -OCH3 is 1. The van der Waals surface area contributed by atoms with Gasteiger partial charge in [0.1, 0.15) is 0 Å². The summed E-state index contributed by atoms with van der Waals surface area (Å²) in [4.78, 5) is 0. The molecule has 1 aromatic carbocycles. The van der Waals surface area contributed by atoms with Gasteiger partial charge in [0, 0.05) is 36.3 Å². The lowest BCUT2D eigenvalue weighted by Crippen LogP contribution is -2.29. The Balaban J connectivity index is 2.51. The van der Waals surface area contributed by atoms with Crippen LogP contribution in [0, 0.1) is 0 Å². The Morgan fingerprint density at radius 3 is 2.59 bits per heavy atom. The molecule has 1 rings (SSSR count). The van der Waals surface area contributed by atoms with Crippen molar-refractivity contribution in [2.45, 2.75) is 24.6 Å². The molecular formula is C13H21NO2S. The van der Waals surface area contributed by atoms with Crippen LogP contribution in [-0.4, -0.2) is 28.9 Å². The number of hydrogen-bond acceptors (Lipinski definition) is 3. The molecule has 0 fully saturated rings. The first-order valence-corrected chi connectivity index (χ1v) is 7.21. The highest BCUT2D eigenvalue weighted by molar-refractivity contribution is 7.85. The van der Waals surface area contributed by atoms with Crippen molar-refractivity contribution in [1.82, 2.24) is 0 Å². The van der Waals surface area contributed by atoms with Crippen LogP contribution in [0.15, 0.2) is 30.3 Å². The van der Waals surface area contributed by atoms with Crippen molar-refractivity contribution in [3.63, 3.8) is 0 Å². The van der Waals surface area contributed by atoms with Crippen LogP contribution >= 0.6 is 0 Å². The molecule has 3 unspecified atom stereocenters. The molecule has 0 heterocycles. The molecule has 0 aliphatic rings. The van der Waals surface area contributed by atoms with E-state index in [1.165, 1.54) is 0 Å². The van der Waals surface area contributed by atoms with Gasteiger partial charge in [0.05, 0.1) is 5.25 Å². The molecule has 3 atom stereocenters. The maximum atomic E-state index is 12.0. The van der Waals surface area contributed by atoms with Gasteiger partial charge in [0.2, 0.25) is 0 Å². The van der Waals surface area contributed by atoms with Gasteiger partial charge in [0.15, 0.2) is 0 Å². The van der Waals surface area contributed by atoms with E-state index < -0.39 is 10.8 Å². The molecule has 0 bridgehead atoms. The molecular weight excluding hydrogens is 234 g/mol. The largest absolute Gasteiger partial charge is 0.385 e. The van der Waals surface area contributed by atoms with Crippen LogP contribution in [-0.2, 0) is 15.5 Å². The third-order valence-electron chi connectivity index (χ3n) is 2.80. The van der Waals surface area contributed by atoms with E-state index in [0.717, 1.165) is 12.0 Å². The van der Waals surface area contributed by atoms with Gasteiger partial charge in [0.25, 0.3) is 0 Å². The lowest BCUT2D eigenvalue weighted by atomic mass is 10.1.